The molecule has 138 valence electrons. The Morgan fingerprint density at radius 2 is 1.85 bits per heavy atom. The summed E-state index contributed by atoms with van der Waals surface area (Å²) >= 11 is 0. The molecule has 0 spiro atoms. The van der Waals surface area contributed by atoms with Crippen molar-refractivity contribution < 1.29 is 4.79 Å². The van der Waals surface area contributed by atoms with E-state index in [-0.39, 0.29) is 5.91 Å². The molecule has 1 aliphatic rings. The second-order valence-electron chi connectivity index (χ2n) is 6.50. The lowest BCUT2D eigenvalue weighted by molar-refractivity contribution is 0.0740. The van der Waals surface area contributed by atoms with E-state index in [0.717, 1.165) is 44.1 Å². The number of rotatable bonds is 6. The number of hydrogen-bond acceptors (Lipinski definition) is 6. The largest absolute Gasteiger partial charge is 0.374 e. The molecule has 0 atom stereocenters. The van der Waals surface area contributed by atoms with Crippen LogP contribution in [0, 0.1) is 0 Å². The first-order valence-corrected chi connectivity index (χ1v) is 9.17. The summed E-state index contributed by atoms with van der Waals surface area (Å²) in [6.45, 7) is 5.90. The Morgan fingerprint density at radius 3 is 2.54 bits per heavy atom. The molecule has 0 unspecified atom stereocenters. The predicted octanol–water partition coefficient (Wildman–Crippen LogP) is 2.07. The van der Waals surface area contributed by atoms with Crippen molar-refractivity contribution in [2.75, 3.05) is 49.6 Å². The molecule has 7 heteroatoms. The summed E-state index contributed by atoms with van der Waals surface area (Å²) < 4.78 is 0. The van der Waals surface area contributed by atoms with Crippen molar-refractivity contribution in [3.05, 3.63) is 42.5 Å². The zero-order valence-electron chi connectivity index (χ0n) is 15.5. The van der Waals surface area contributed by atoms with Crippen molar-refractivity contribution in [1.29, 1.82) is 0 Å². The molecule has 0 N–H and O–H groups in total. The fourth-order valence-electron chi connectivity index (χ4n) is 3.02. The van der Waals surface area contributed by atoms with Gasteiger partial charge in [0.05, 0.1) is 0 Å². The Bertz CT molecular complexity index is 715. The number of carbonyl (C=O) groups is 1. The lowest BCUT2D eigenvalue weighted by Gasteiger charge is -2.34. The number of pyridine rings is 1. The zero-order valence-corrected chi connectivity index (χ0v) is 15.5. The van der Waals surface area contributed by atoms with Crippen LogP contribution in [0.3, 0.4) is 0 Å². The normalized spacial score (nSPS) is 14.4. The van der Waals surface area contributed by atoms with Crippen LogP contribution in [0.15, 0.2) is 36.8 Å². The van der Waals surface area contributed by atoms with E-state index in [4.69, 9.17) is 0 Å². The topological polar surface area (TPSA) is 65.5 Å². The standard InChI is InChI=1S/C19H26N6O/c1-3-4-10-23(2)16-6-9-20-17(15-16)18(26)24-11-13-25(14-12-24)19-21-7-5-8-22-19/h5-9,15H,3-4,10-14H2,1-2H3. The van der Waals surface area contributed by atoms with Gasteiger partial charge in [-0.2, -0.15) is 0 Å². The van der Waals surface area contributed by atoms with Gasteiger partial charge in [0, 0.05) is 64.0 Å². The first-order valence-electron chi connectivity index (χ1n) is 9.17. The number of piperazine rings is 1. The molecule has 2 aromatic heterocycles. The molecule has 3 rings (SSSR count). The summed E-state index contributed by atoms with van der Waals surface area (Å²) in [5.41, 5.74) is 1.54. The van der Waals surface area contributed by atoms with Gasteiger partial charge in [-0.15, -0.1) is 0 Å². The Balaban J connectivity index is 1.62. The van der Waals surface area contributed by atoms with Crippen LogP contribution in [0.4, 0.5) is 11.6 Å². The van der Waals surface area contributed by atoms with Crippen molar-refractivity contribution in [3.63, 3.8) is 0 Å². The SMILES string of the molecule is CCCCN(C)c1ccnc(C(=O)N2CCN(c3ncccn3)CC2)c1. The molecular weight excluding hydrogens is 328 g/mol. The Hall–Kier alpha value is -2.70. The minimum Gasteiger partial charge on any atom is -0.374 e. The Labute approximate surface area is 154 Å². The second-order valence-corrected chi connectivity index (χ2v) is 6.50. The molecule has 1 amide bonds. The number of nitrogens with zero attached hydrogens (tertiary/aromatic N) is 6. The number of unbranched alkanes of at least 4 members (excludes halogenated alkanes) is 1. The lowest BCUT2D eigenvalue weighted by atomic mass is 10.2. The highest BCUT2D eigenvalue weighted by molar-refractivity contribution is 5.93. The van der Waals surface area contributed by atoms with Crippen LogP contribution in [0.25, 0.3) is 0 Å². The summed E-state index contributed by atoms with van der Waals surface area (Å²) in [6, 6.07) is 5.65. The van der Waals surface area contributed by atoms with Crippen LogP contribution in [-0.4, -0.2) is 65.5 Å². The summed E-state index contributed by atoms with van der Waals surface area (Å²) in [4.78, 5) is 31.8. The number of amides is 1. The van der Waals surface area contributed by atoms with E-state index in [0.29, 0.717) is 18.8 Å². The fourth-order valence-corrected chi connectivity index (χ4v) is 3.02. The van der Waals surface area contributed by atoms with E-state index in [9.17, 15) is 4.79 Å². The van der Waals surface area contributed by atoms with E-state index < -0.39 is 0 Å². The summed E-state index contributed by atoms with van der Waals surface area (Å²) in [5.74, 6) is 0.710. The first-order chi connectivity index (χ1) is 12.7. The number of anilines is 2. The van der Waals surface area contributed by atoms with Gasteiger partial charge in [-0.25, -0.2) is 9.97 Å². The van der Waals surface area contributed by atoms with Gasteiger partial charge >= 0.3 is 0 Å². The third-order valence-electron chi connectivity index (χ3n) is 4.65. The van der Waals surface area contributed by atoms with Gasteiger partial charge in [0.25, 0.3) is 5.91 Å². The van der Waals surface area contributed by atoms with Crippen molar-refractivity contribution in [2.45, 2.75) is 19.8 Å². The lowest BCUT2D eigenvalue weighted by Crippen LogP contribution is -2.49. The average molecular weight is 354 g/mol. The van der Waals surface area contributed by atoms with Crippen molar-refractivity contribution in [2.24, 2.45) is 0 Å². The Morgan fingerprint density at radius 1 is 1.12 bits per heavy atom. The van der Waals surface area contributed by atoms with Crippen molar-refractivity contribution in [3.8, 4) is 0 Å². The van der Waals surface area contributed by atoms with E-state index >= 15 is 0 Å². The molecule has 0 radical (unpaired) electrons. The highest BCUT2D eigenvalue weighted by Crippen LogP contribution is 2.16. The number of carbonyl (C=O) groups excluding carboxylic acids is 1. The van der Waals surface area contributed by atoms with E-state index in [2.05, 4.69) is 38.7 Å². The summed E-state index contributed by atoms with van der Waals surface area (Å²) in [7, 11) is 2.05. The molecule has 7 nitrogen and oxygen atoms in total. The first kappa shape index (κ1) is 18.1. The van der Waals surface area contributed by atoms with E-state index in [1.165, 1.54) is 0 Å². The quantitative estimate of drug-likeness (QED) is 0.791. The van der Waals surface area contributed by atoms with Crippen LogP contribution in [0.2, 0.25) is 0 Å². The van der Waals surface area contributed by atoms with Gasteiger partial charge in [0.2, 0.25) is 5.95 Å². The van der Waals surface area contributed by atoms with Crippen molar-refractivity contribution >= 4 is 17.5 Å². The second kappa shape index (κ2) is 8.60. The summed E-state index contributed by atoms with van der Waals surface area (Å²) in [5, 5.41) is 0. The fraction of sp³-hybridized carbons (Fsp3) is 0.474. The molecule has 26 heavy (non-hydrogen) atoms. The smallest absolute Gasteiger partial charge is 0.272 e. The van der Waals surface area contributed by atoms with Gasteiger partial charge in [-0.1, -0.05) is 13.3 Å². The van der Waals surface area contributed by atoms with Gasteiger partial charge in [-0.3, -0.25) is 9.78 Å². The van der Waals surface area contributed by atoms with Gasteiger partial charge in [-0.05, 0) is 24.6 Å². The molecule has 0 saturated carbocycles. The maximum atomic E-state index is 12.8. The van der Waals surface area contributed by atoms with Crippen molar-refractivity contribution in [1.82, 2.24) is 19.9 Å². The molecule has 1 fully saturated rings. The van der Waals surface area contributed by atoms with Crippen LogP contribution in [0.1, 0.15) is 30.3 Å². The van der Waals surface area contributed by atoms with Gasteiger partial charge < -0.3 is 14.7 Å². The van der Waals surface area contributed by atoms with Crippen LogP contribution in [0.5, 0.6) is 0 Å². The third kappa shape index (κ3) is 4.28. The Kier molecular flexibility index (Phi) is 5.99. The van der Waals surface area contributed by atoms with Gasteiger partial charge in [0.1, 0.15) is 5.69 Å². The number of hydrogen-bond donors (Lipinski definition) is 0. The molecular formula is C19H26N6O. The van der Waals surface area contributed by atoms with E-state index in [1.807, 2.05) is 17.0 Å². The highest BCUT2D eigenvalue weighted by atomic mass is 16.2. The maximum absolute atomic E-state index is 12.8. The monoisotopic (exact) mass is 354 g/mol. The van der Waals surface area contributed by atoms with Gasteiger partial charge in [0.15, 0.2) is 0 Å². The minimum absolute atomic E-state index is 0.00984. The molecule has 3 heterocycles. The minimum atomic E-state index is -0.00984. The molecule has 0 aliphatic carbocycles. The van der Waals surface area contributed by atoms with Crippen LogP contribution < -0.4 is 9.80 Å². The molecule has 1 aliphatic heterocycles. The maximum Gasteiger partial charge on any atom is 0.272 e. The summed E-state index contributed by atoms with van der Waals surface area (Å²) in [6.07, 6.45) is 7.48. The molecule has 1 saturated heterocycles. The third-order valence-corrected chi connectivity index (χ3v) is 4.65. The zero-order chi connectivity index (χ0) is 18.4. The average Bonchev–Trinajstić information content (AvgIpc) is 2.72. The van der Waals surface area contributed by atoms with Crippen LogP contribution >= 0.6 is 0 Å². The van der Waals surface area contributed by atoms with E-state index in [1.54, 1.807) is 24.7 Å². The molecule has 0 bridgehead atoms. The predicted molar refractivity (Wildman–Crippen MR) is 103 cm³/mol. The molecule has 2 aromatic rings. The number of aromatic nitrogens is 3. The highest BCUT2D eigenvalue weighted by Gasteiger charge is 2.24. The van der Waals surface area contributed by atoms with Crippen LogP contribution in [-0.2, 0) is 0 Å². The molecule has 0 aromatic carbocycles.